The molecule has 1 atom stereocenters. The second-order valence-electron chi connectivity index (χ2n) is 6.51. The van der Waals surface area contributed by atoms with Crippen LogP contribution in [-0.2, 0) is 9.59 Å². The van der Waals surface area contributed by atoms with E-state index in [1.54, 1.807) is 23.1 Å². The summed E-state index contributed by atoms with van der Waals surface area (Å²) in [7, 11) is 0. The molecule has 3 amide bonds. The zero-order valence-corrected chi connectivity index (χ0v) is 14.9. The van der Waals surface area contributed by atoms with Gasteiger partial charge in [-0.05, 0) is 50.8 Å². The van der Waals surface area contributed by atoms with Gasteiger partial charge >= 0.3 is 0 Å². The first-order chi connectivity index (χ1) is 12.0. The zero-order chi connectivity index (χ0) is 18.0. The van der Waals surface area contributed by atoms with Crippen molar-refractivity contribution in [2.45, 2.75) is 38.6 Å². The Balaban J connectivity index is 1.71. The molecule has 0 unspecified atom stereocenters. The summed E-state index contributed by atoms with van der Waals surface area (Å²) in [5.74, 6) is -0.296. The van der Waals surface area contributed by atoms with Crippen LogP contribution < -0.4 is 10.6 Å². The van der Waals surface area contributed by atoms with Gasteiger partial charge in [0.2, 0.25) is 11.8 Å². The maximum Gasteiger partial charge on any atom is 0.252 e. The molecule has 134 valence electrons. The summed E-state index contributed by atoms with van der Waals surface area (Å²) in [4.78, 5) is 38.7. The smallest absolute Gasteiger partial charge is 0.252 e. The SMILES string of the molecule is CCNC(=O)c1cc(NC(=O)[C@@H]2CCCN2C(=O)C2CC2)ccc1Cl. The highest BCUT2D eigenvalue weighted by atomic mass is 35.5. The standard InChI is InChI=1S/C18H22ClN3O3/c1-2-20-16(23)13-10-12(7-8-14(13)19)21-17(24)15-4-3-9-22(15)18(25)11-5-6-11/h7-8,10-11,15H,2-6,9H2,1H3,(H,20,23)(H,21,24)/t15-/m0/s1. The first kappa shape index (κ1) is 17.7. The van der Waals surface area contributed by atoms with Crippen LogP contribution in [0.4, 0.5) is 5.69 Å². The lowest BCUT2D eigenvalue weighted by Gasteiger charge is -2.24. The van der Waals surface area contributed by atoms with Crippen molar-refractivity contribution >= 4 is 35.0 Å². The average molecular weight is 364 g/mol. The van der Waals surface area contributed by atoms with Gasteiger partial charge in [0, 0.05) is 24.7 Å². The molecular weight excluding hydrogens is 342 g/mol. The fourth-order valence-corrected chi connectivity index (χ4v) is 3.33. The Morgan fingerprint density at radius 1 is 1.24 bits per heavy atom. The number of nitrogens with one attached hydrogen (secondary N) is 2. The third-order valence-electron chi connectivity index (χ3n) is 4.58. The van der Waals surface area contributed by atoms with Gasteiger partial charge < -0.3 is 15.5 Å². The molecule has 1 aromatic carbocycles. The first-order valence-electron chi connectivity index (χ1n) is 8.70. The Morgan fingerprint density at radius 3 is 2.68 bits per heavy atom. The number of carbonyl (C=O) groups is 3. The minimum absolute atomic E-state index is 0.0942. The molecule has 1 heterocycles. The Bertz CT molecular complexity index is 703. The van der Waals surface area contributed by atoms with E-state index in [0.717, 1.165) is 19.3 Å². The number of rotatable bonds is 5. The molecule has 2 N–H and O–H groups in total. The van der Waals surface area contributed by atoms with Crippen molar-refractivity contribution in [1.29, 1.82) is 0 Å². The molecule has 0 bridgehead atoms. The summed E-state index contributed by atoms with van der Waals surface area (Å²) in [5, 5.41) is 5.84. The molecule has 1 saturated heterocycles. The highest BCUT2D eigenvalue weighted by Gasteiger charge is 2.40. The minimum atomic E-state index is -0.434. The van der Waals surface area contributed by atoms with Crippen molar-refractivity contribution in [1.82, 2.24) is 10.2 Å². The van der Waals surface area contributed by atoms with Crippen LogP contribution in [0, 0.1) is 5.92 Å². The fourth-order valence-electron chi connectivity index (χ4n) is 3.13. The number of benzene rings is 1. The van der Waals surface area contributed by atoms with Gasteiger partial charge in [0.15, 0.2) is 0 Å². The van der Waals surface area contributed by atoms with Gasteiger partial charge in [0.05, 0.1) is 10.6 Å². The summed E-state index contributed by atoms with van der Waals surface area (Å²) in [6, 6.07) is 4.37. The molecule has 3 rings (SSSR count). The molecule has 1 saturated carbocycles. The highest BCUT2D eigenvalue weighted by molar-refractivity contribution is 6.34. The van der Waals surface area contributed by atoms with Gasteiger partial charge in [-0.25, -0.2) is 0 Å². The van der Waals surface area contributed by atoms with E-state index in [-0.39, 0.29) is 23.6 Å². The third kappa shape index (κ3) is 3.95. The molecule has 1 aliphatic carbocycles. The third-order valence-corrected chi connectivity index (χ3v) is 4.91. The van der Waals surface area contributed by atoms with E-state index in [1.165, 1.54) is 0 Å². The Hall–Kier alpha value is -2.08. The molecule has 2 aliphatic rings. The molecule has 6 nitrogen and oxygen atoms in total. The summed E-state index contributed by atoms with van der Waals surface area (Å²) in [6.45, 7) is 2.95. The highest BCUT2D eigenvalue weighted by Crippen LogP contribution is 2.34. The van der Waals surface area contributed by atoms with E-state index in [4.69, 9.17) is 11.6 Å². The first-order valence-corrected chi connectivity index (χ1v) is 9.08. The maximum absolute atomic E-state index is 12.6. The van der Waals surface area contributed by atoms with Gasteiger partial charge in [0.25, 0.3) is 5.91 Å². The molecule has 0 spiro atoms. The molecule has 25 heavy (non-hydrogen) atoms. The molecule has 2 fully saturated rings. The summed E-state index contributed by atoms with van der Waals surface area (Å²) in [6.07, 6.45) is 3.36. The van der Waals surface area contributed by atoms with E-state index in [0.29, 0.717) is 35.8 Å². The molecule has 7 heteroatoms. The normalized spacial score (nSPS) is 19.6. The lowest BCUT2D eigenvalue weighted by molar-refractivity contribution is -0.137. The molecule has 0 aromatic heterocycles. The number of hydrogen-bond acceptors (Lipinski definition) is 3. The zero-order valence-electron chi connectivity index (χ0n) is 14.2. The van der Waals surface area contributed by atoms with Crippen molar-refractivity contribution in [3.05, 3.63) is 28.8 Å². The van der Waals surface area contributed by atoms with Crippen molar-refractivity contribution in [2.75, 3.05) is 18.4 Å². The van der Waals surface area contributed by atoms with Crippen LogP contribution in [0.25, 0.3) is 0 Å². The number of halogens is 1. The summed E-state index contributed by atoms with van der Waals surface area (Å²) < 4.78 is 0. The van der Waals surface area contributed by atoms with E-state index >= 15 is 0 Å². The van der Waals surface area contributed by atoms with Crippen LogP contribution in [0.15, 0.2) is 18.2 Å². The van der Waals surface area contributed by atoms with Crippen LogP contribution in [0.2, 0.25) is 5.02 Å². The van der Waals surface area contributed by atoms with Crippen LogP contribution in [0.3, 0.4) is 0 Å². The number of carbonyl (C=O) groups excluding carboxylic acids is 3. The number of likely N-dealkylation sites (tertiary alicyclic amines) is 1. The van der Waals surface area contributed by atoms with Gasteiger partial charge in [-0.2, -0.15) is 0 Å². The summed E-state index contributed by atoms with van der Waals surface area (Å²) >= 11 is 6.07. The largest absolute Gasteiger partial charge is 0.352 e. The van der Waals surface area contributed by atoms with Crippen molar-refractivity contribution in [2.24, 2.45) is 5.92 Å². The van der Waals surface area contributed by atoms with Gasteiger partial charge in [-0.15, -0.1) is 0 Å². The van der Waals surface area contributed by atoms with Crippen molar-refractivity contribution in [3.63, 3.8) is 0 Å². The quantitative estimate of drug-likeness (QED) is 0.843. The lowest BCUT2D eigenvalue weighted by atomic mass is 10.1. The van der Waals surface area contributed by atoms with Crippen LogP contribution in [0.1, 0.15) is 43.0 Å². The molecule has 0 radical (unpaired) electrons. The summed E-state index contributed by atoms with van der Waals surface area (Å²) in [5.41, 5.74) is 0.819. The van der Waals surface area contributed by atoms with E-state index in [9.17, 15) is 14.4 Å². The molecule has 1 aromatic rings. The average Bonchev–Trinajstić information content (AvgIpc) is 3.32. The van der Waals surface area contributed by atoms with Gasteiger partial charge in [-0.3, -0.25) is 14.4 Å². The number of amides is 3. The lowest BCUT2D eigenvalue weighted by Crippen LogP contribution is -2.43. The Morgan fingerprint density at radius 2 is 2.00 bits per heavy atom. The predicted molar refractivity (Wildman–Crippen MR) is 95.5 cm³/mol. The predicted octanol–water partition coefficient (Wildman–Crippen LogP) is 2.43. The second-order valence-corrected chi connectivity index (χ2v) is 6.91. The van der Waals surface area contributed by atoms with Crippen LogP contribution in [-0.4, -0.2) is 41.8 Å². The Kier molecular flexibility index (Phi) is 5.27. The van der Waals surface area contributed by atoms with E-state index in [2.05, 4.69) is 10.6 Å². The van der Waals surface area contributed by atoms with Crippen LogP contribution in [0.5, 0.6) is 0 Å². The number of hydrogen-bond donors (Lipinski definition) is 2. The maximum atomic E-state index is 12.6. The van der Waals surface area contributed by atoms with Gasteiger partial charge in [-0.1, -0.05) is 11.6 Å². The number of nitrogens with zero attached hydrogens (tertiary/aromatic N) is 1. The van der Waals surface area contributed by atoms with E-state index in [1.807, 2.05) is 6.92 Å². The fraction of sp³-hybridized carbons (Fsp3) is 0.500. The van der Waals surface area contributed by atoms with Crippen molar-refractivity contribution < 1.29 is 14.4 Å². The van der Waals surface area contributed by atoms with Gasteiger partial charge in [0.1, 0.15) is 6.04 Å². The topological polar surface area (TPSA) is 78.5 Å². The van der Waals surface area contributed by atoms with Crippen molar-refractivity contribution in [3.8, 4) is 0 Å². The number of anilines is 1. The Labute approximate surface area is 151 Å². The van der Waals surface area contributed by atoms with Crippen LogP contribution >= 0.6 is 11.6 Å². The monoisotopic (exact) mass is 363 g/mol. The van der Waals surface area contributed by atoms with E-state index < -0.39 is 6.04 Å². The molecule has 1 aliphatic heterocycles. The second kappa shape index (κ2) is 7.44. The minimum Gasteiger partial charge on any atom is -0.352 e. The molecular formula is C18H22ClN3O3.